The van der Waals surface area contributed by atoms with Gasteiger partial charge in [-0.1, -0.05) is 0 Å². The highest BCUT2D eigenvalue weighted by atomic mass is 79.9. The Bertz CT molecular complexity index is 604. The van der Waals surface area contributed by atoms with Crippen LogP contribution < -0.4 is 5.73 Å². The first-order chi connectivity index (χ1) is 9.36. The number of sulfonamides is 1. The van der Waals surface area contributed by atoms with E-state index in [1.165, 1.54) is 10.4 Å². The predicted octanol–water partition coefficient (Wildman–Crippen LogP) is 2.14. The molecule has 20 heavy (non-hydrogen) atoms. The second-order valence-corrected chi connectivity index (χ2v) is 7.76. The molecule has 0 aliphatic carbocycles. The Morgan fingerprint density at radius 3 is 2.80 bits per heavy atom. The van der Waals surface area contributed by atoms with Crippen LogP contribution in [0.2, 0.25) is 0 Å². The zero-order valence-corrected chi connectivity index (χ0v) is 14.0. The van der Waals surface area contributed by atoms with Crippen molar-refractivity contribution in [3.8, 4) is 0 Å². The maximum absolute atomic E-state index is 12.7. The van der Waals surface area contributed by atoms with E-state index in [2.05, 4.69) is 15.9 Å². The number of rotatable bonds is 3. The monoisotopic (exact) mass is 362 g/mol. The fourth-order valence-electron chi connectivity index (χ4n) is 2.40. The van der Waals surface area contributed by atoms with Crippen molar-refractivity contribution < 1.29 is 13.2 Å². The number of hydrogen-bond acceptors (Lipinski definition) is 4. The van der Waals surface area contributed by atoms with Crippen molar-refractivity contribution in [3.05, 3.63) is 22.2 Å². The Morgan fingerprint density at radius 1 is 1.45 bits per heavy atom. The van der Waals surface area contributed by atoms with Crippen LogP contribution in [0.25, 0.3) is 0 Å². The van der Waals surface area contributed by atoms with Gasteiger partial charge in [-0.05, 0) is 53.4 Å². The molecule has 1 unspecified atom stereocenters. The standard InChI is InChI=1S/C13H19BrN2O3S/c1-9-6-11(14)12(15)7-13(9)20(17,18)16-5-3-4-10(8-16)19-2/h6-7,10H,3-5,8,15H2,1-2H3. The van der Waals surface area contributed by atoms with Gasteiger partial charge in [-0.3, -0.25) is 0 Å². The topological polar surface area (TPSA) is 72.6 Å². The molecule has 7 heteroatoms. The molecule has 0 amide bonds. The van der Waals surface area contributed by atoms with E-state index in [-0.39, 0.29) is 11.0 Å². The minimum Gasteiger partial charge on any atom is -0.398 e. The van der Waals surface area contributed by atoms with Gasteiger partial charge in [0, 0.05) is 30.4 Å². The van der Waals surface area contributed by atoms with Gasteiger partial charge in [0.25, 0.3) is 0 Å². The third-order valence-electron chi connectivity index (χ3n) is 3.59. The molecular formula is C13H19BrN2O3S. The number of ether oxygens (including phenoxy) is 1. The third kappa shape index (κ3) is 3.00. The highest BCUT2D eigenvalue weighted by molar-refractivity contribution is 9.10. The molecule has 1 heterocycles. The molecule has 1 atom stereocenters. The first-order valence-electron chi connectivity index (χ1n) is 6.45. The second kappa shape index (κ2) is 6.01. The lowest BCUT2D eigenvalue weighted by atomic mass is 10.1. The first-order valence-corrected chi connectivity index (χ1v) is 8.68. The number of halogens is 1. The molecule has 0 bridgehead atoms. The average molecular weight is 363 g/mol. The second-order valence-electron chi connectivity index (χ2n) is 5.00. The van der Waals surface area contributed by atoms with Crippen LogP contribution in [0.1, 0.15) is 18.4 Å². The van der Waals surface area contributed by atoms with Crippen molar-refractivity contribution in [2.45, 2.75) is 30.8 Å². The number of hydrogen-bond donors (Lipinski definition) is 1. The van der Waals surface area contributed by atoms with Gasteiger partial charge < -0.3 is 10.5 Å². The summed E-state index contributed by atoms with van der Waals surface area (Å²) >= 11 is 3.31. The van der Waals surface area contributed by atoms with Crippen molar-refractivity contribution in [2.24, 2.45) is 0 Å². The molecule has 1 aliphatic rings. The van der Waals surface area contributed by atoms with Gasteiger partial charge in [0.15, 0.2) is 0 Å². The van der Waals surface area contributed by atoms with Gasteiger partial charge in [-0.2, -0.15) is 4.31 Å². The SMILES string of the molecule is COC1CCCN(S(=O)(=O)c2cc(N)c(Br)cc2C)C1. The van der Waals surface area contributed by atoms with Gasteiger partial charge in [0.2, 0.25) is 10.0 Å². The van der Waals surface area contributed by atoms with Crippen LogP contribution in [0.5, 0.6) is 0 Å². The highest BCUT2D eigenvalue weighted by Gasteiger charge is 2.31. The van der Waals surface area contributed by atoms with Crippen LogP contribution >= 0.6 is 15.9 Å². The van der Waals surface area contributed by atoms with Crippen molar-refractivity contribution in [1.82, 2.24) is 4.31 Å². The number of benzene rings is 1. The van der Waals surface area contributed by atoms with Crippen LogP contribution in [0.3, 0.4) is 0 Å². The minimum absolute atomic E-state index is 0.0355. The van der Waals surface area contributed by atoms with E-state index in [0.29, 0.717) is 28.8 Å². The number of piperidine rings is 1. The zero-order chi connectivity index (χ0) is 14.9. The molecule has 2 N–H and O–H groups in total. The zero-order valence-electron chi connectivity index (χ0n) is 11.6. The molecule has 2 rings (SSSR count). The van der Waals surface area contributed by atoms with Crippen molar-refractivity contribution >= 4 is 31.6 Å². The lowest BCUT2D eigenvalue weighted by Crippen LogP contribution is -2.43. The number of methoxy groups -OCH3 is 1. The molecule has 0 saturated carbocycles. The molecule has 5 nitrogen and oxygen atoms in total. The number of nitrogens with two attached hydrogens (primary N) is 1. The number of anilines is 1. The number of nitrogen functional groups attached to an aromatic ring is 1. The molecular weight excluding hydrogens is 344 g/mol. The number of aryl methyl sites for hydroxylation is 1. The Morgan fingerprint density at radius 2 is 2.15 bits per heavy atom. The van der Waals surface area contributed by atoms with E-state index < -0.39 is 10.0 Å². The smallest absolute Gasteiger partial charge is 0.243 e. The van der Waals surface area contributed by atoms with Gasteiger partial charge in [-0.15, -0.1) is 0 Å². The van der Waals surface area contributed by atoms with E-state index in [9.17, 15) is 8.42 Å². The molecule has 0 radical (unpaired) electrons. The molecule has 112 valence electrons. The summed E-state index contributed by atoms with van der Waals surface area (Å²) in [7, 11) is -1.91. The minimum atomic E-state index is -3.52. The Balaban J connectivity index is 2.37. The van der Waals surface area contributed by atoms with Crippen molar-refractivity contribution in [2.75, 3.05) is 25.9 Å². The maximum atomic E-state index is 12.7. The summed E-state index contributed by atoms with van der Waals surface area (Å²) in [5, 5.41) is 0. The molecule has 0 aromatic heterocycles. The van der Waals surface area contributed by atoms with Crippen LogP contribution in [-0.2, 0) is 14.8 Å². The van der Waals surface area contributed by atoms with E-state index in [0.717, 1.165) is 12.8 Å². The highest BCUT2D eigenvalue weighted by Crippen LogP contribution is 2.30. The largest absolute Gasteiger partial charge is 0.398 e. The van der Waals surface area contributed by atoms with Crippen molar-refractivity contribution in [3.63, 3.8) is 0 Å². The predicted molar refractivity (Wildman–Crippen MR) is 82.1 cm³/mol. The third-order valence-corrected chi connectivity index (χ3v) is 6.28. The van der Waals surface area contributed by atoms with Gasteiger partial charge in [-0.25, -0.2) is 8.42 Å². The first kappa shape index (κ1) is 15.8. The summed E-state index contributed by atoms with van der Waals surface area (Å²) in [6.45, 7) is 2.70. The van der Waals surface area contributed by atoms with Gasteiger partial charge >= 0.3 is 0 Å². The summed E-state index contributed by atoms with van der Waals surface area (Å²) in [5.74, 6) is 0. The molecule has 0 spiro atoms. The van der Waals surface area contributed by atoms with Crippen LogP contribution in [0, 0.1) is 6.92 Å². The quantitative estimate of drug-likeness (QED) is 0.836. The average Bonchev–Trinajstić information content (AvgIpc) is 2.42. The van der Waals surface area contributed by atoms with E-state index in [1.54, 1.807) is 20.1 Å². The molecule has 1 aromatic rings. The van der Waals surface area contributed by atoms with Gasteiger partial charge in [0.05, 0.1) is 11.0 Å². The van der Waals surface area contributed by atoms with Crippen LogP contribution in [-0.4, -0.2) is 39.0 Å². The summed E-state index contributed by atoms with van der Waals surface area (Å²) in [6.07, 6.45) is 1.67. The number of nitrogens with zero attached hydrogens (tertiary/aromatic N) is 1. The summed E-state index contributed by atoms with van der Waals surface area (Å²) in [6, 6.07) is 3.26. The molecule has 1 saturated heterocycles. The van der Waals surface area contributed by atoms with Crippen LogP contribution in [0.4, 0.5) is 5.69 Å². The molecule has 1 aliphatic heterocycles. The summed E-state index contributed by atoms with van der Waals surface area (Å²) in [5.41, 5.74) is 6.93. The van der Waals surface area contributed by atoms with E-state index >= 15 is 0 Å². The van der Waals surface area contributed by atoms with Gasteiger partial charge in [0.1, 0.15) is 0 Å². The summed E-state index contributed by atoms with van der Waals surface area (Å²) < 4.78 is 32.9. The Kier molecular flexibility index (Phi) is 4.73. The van der Waals surface area contributed by atoms with E-state index in [4.69, 9.17) is 10.5 Å². The molecule has 1 aromatic carbocycles. The van der Waals surface area contributed by atoms with Crippen LogP contribution in [0.15, 0.2) is 21.5 Å². The fourth-order valence-corrected chi connectivity index (χ4v) is 4.61. The normalized spacial score (nSPS) is 21.1. The lowest BCUT2D eigenvalue weighted by Gasteiger charge is -2.31. The van der Waals surface area contributed by atoms with E-state index in [1.807, 2.05) is 0 Å². The maximum Gasteiger partial charge on any atom is 0.243 e. The Hall–Kier alpha value is -0.630. The summed E-state index contributed by atoms with van der Waals surface area (Å²) in [4.78, 5) is 0.273. The molecule has 1 fully saturated rings. The lowest BCUT2D eigenvalue weighted by molar-refractivity contribution is 0.0572. The fraction of sp³-hybridized carbons (Fsp3) is 0.538. The Labute approximate surface area is 128 Å². The van der Waals surface area contributed by atoms with Crippen molar-refractivity contribution in [1.29, 1.82) is 0 Å².